The van der Waals surface area contributed by atoms with Gasteiger partial charge in [-0.1, -0.05) is 34.4 Å². The van der Waals surface area contributed by atoms with Gasteiger partial charge in [-0.3, -0.25) is 9.48 Å². The highest BCUT2D eigenvalue weighted by Crippen LogP contribution is 2.24. The average molecular weight is 427 g/mol. The fraction of sp³-hybridized carbons (Fsp3) is 0.188. The lowest BCUT2D eigenvalue weighted by Gasteiger charge is -2.06. The predicted molar refractivity (Wildman–Crippen MR) is 100.0 cm³/mol. The van der Waals surface area contributed by atoms with Crippen molar-refractivity contribution in [2.45, 2.75) is 20.0 Å². The van der Waals surface area contributed by atoms with Crippen LogP contribution in [0.2, 0.25) is 10.0 Å². The maximum Gasteiger partial charge on any atom is 0.345 e. The first-order chi connectivity index (χ1) is 13.2. The Bertz CT molecular complexity index is 1040. The lowest BCUT2D eigenvalue weighted by Crippen LogP contribution is -2.21. The van der Waals surface area contributed by atoms with Crippen LogP contribution < -0.4 is 5.32 Å². The van der Waals surface area contributed by atoms with Crippen molar-refractivity contribution in [2.75, 3.05) is 5.32 Å². The minimum Gasteiger partial charge on any atom is -0.358 e. The van der Waals surface area contributed by atoms with E-state index in [4.69, 9.17) is 23.2 Å². The standard InChI is InChI=1S/C16H13Cl2FN6O3/c1-9-5-15(25(27)28)24(21-9)8-14(26)20-16-12(18)7-23(22-16)6-10-11(17)3-2-4-13(10)19/h2-5,7H,6,8H2,1H3,(H,20,22,26). The molecule has 0 unspecified atom stereocenters. The number of anilines is 1. The number of carbonyl (C=O) groups is 1. The molecule has 1 aromatic carbocycles. The molecule has 146 valence electrons. The summed E-state index contributed by atoms with van der Waals surface area (Å²) < 4.78 is 16.2. The van der Waals surface area contributed by atoms with Gasteiger partial charge in [-0.25, -0.2) is 4.39 Å². The van der Waals surface area contributed by atoms with Crippen LogP contribution in [0.4, 0.5) is 16.0 Å². The lowest BCUT2D eigenvalue weighted by molar-refractivity contribution is -0.392. The first kappa shape index (κ1) is 19.8. The maximum absolute atomic E-state index is 13.9. The second-order valence-corrected chi connectivity index (χ2v) is 6.64. The summed E-state index contributed by atoms with van der Waals surface area (Å²) in [4.78, 5) is 22.6. The minimum atomic E-state index is -0.632. The van der Waals surface area contributed by atoms with E-state index < -0.39 is 23.2 Å². The SMILES string of the molecule is Cc1cc([N+](=O)[O-])n(CC(=O)Nc2nn(Cc3c(F)cccc3Cl)cc2Cl)n1. The fourth-order valence-corrected chi connectivity index (χ4v) is 2.93. The molecule has 2 aromatic heterocycles. The number of halogens is 3. The zero-order chi connectivity index (χ0) is 20.4. The molecular formula is C16H13Cl2FN6O3. The van der Waals surface area contributed by atoms with E-state index in [9.17, 15) is 19.3 Å². The Morgan fingerprint density at radius 2 is 2.07 bits per heavy atom. The van der Waals surface area contributed by atoms with Gasteiger partial charge in [0, 0.05) is 16.8 Å². The zero-order valence-corrected chi connectivity index (χ0v) is 15.9. The number of aryl methyl sites for hydroxylation is 1. The highest BCUT2D eigenvalue weighted by molar-refractivity contribution is 6.33. The van der Waals surface area contributed by atoms with Crippen LogP contribution in [0.3, 0.4) is 0 Å². The molecule has 3 aromatic rings. The number of aromatic nitrogens is 4. The van der Waals surface area contributed by atoms with Crippen LogP contribution in [0, 0.1) is 22.9 Å². The summed E-state index contributed by atoms with van der Waals surface area (Å²) in [6.45, 7) is 1.19. The highest BCUT2D eigenvalue weighted by Gasteiger charge is 2.21. The van der Waals surface area contributed by atoms with E-state index >= 15 is 0 Å². The molecule has 0 atom stereocenters. The molecule has 0 saturated heterocycles. The number of hydrogen-bond acceptors (Lipinski definition) is 5. The Kier molecular flexibility index (Phi) is 5.61. The fourth-order valence-electron chi connectivity index (χ4n) is 2.51. The van der Waals surface area contributed by atoms with Gasteiger partial charge in [-0.15, -0.1) is 4.68 Å². The largest absolute Gasteiger partial charge is 0.358 e. The van der Waals surface area contributed by atoms with E-state index in [2.05, 4.69) is 15.5 Å². The average Bonchev–Trinajstić information content (AvgIpc) is 3.13. The Labute approximate surface area is 167 Å². The van der Waals surface area contributed by atoms with Crippen molar-refractivity contribution >= 4 is 40.7 Å². The molecule has 3 rings (SSSR count). The third-order valence-electron chi connectivity index (χ3n) is 3.72. The number of nitrogens with zero attached hydrogens (tertiary/aromatic N) is 5. The number of nitrogens with one attached hydrogen (secondary N) is 1. The van der Waals surface area contributed by atoms with Gasteiger partial charge >= 0.3 is 5.82 Å². The van der Waals surface area contributed by atoms with Gasteiger partial charge in [-0.05, 0) is 24.0 Å². The molecule has 0 radical (unpaired) electrons. The van der Waals surface area contributed by atoms with Crippen molar-refractivity contribution in [3.05, 3.63) is 67.7 Å². The number of benzene rings is 1. The van der Waals surface area contributed by atoms with Gasteiger partial charge in [0.05, 0.1) is 18.3 Å². The molecule has 0 aliphatic rings. The molecular weight excluding hydrogens is 414 g/mol. The predicted octanol–water partition coefficient (Wildman–Crippen LogP) is 3.43. The van der Waals surface area contributed by atoms with E-state index in [1.807, 2.05) is 0 Å². The minimum absolute atomic E-state index is 0.00488. The van der Waals surface area contributed by atoms with Crippen molar-refractivity contribution < 1.29 is 14.1 Å². The summed E-state index contributed by atoms with van der Waals surface area (Å²) in [7, 11) is 0. The third kappa shape index (κ3) is 4.29. The Morgan fingerprint density at radius 1 is 1.32 bits per heavy atom. The summed E-state index contributed by atoms with van der Waals surface area (Å²) >= 11 is 12.1. The monoisotopic (exact) mass is 426 g/mol. The van der Waals surface area contributed by atoms with E-state index in [0.29, 0.717) is 5.69 Å². The van der Waals surface area contributed by atoms with E-state index in [1.54, 1.807) is 13.0 Å². The Balaban J connectivity index is 1.73. The first-order valence-electron chi connectivity index (χ1n) is 7.89. The van der Waals surface area contributed by atoms with Gasteiger partial charge in [0.2, 0.25) is 0 Å². The van der Waals surface area contributed by atoms with Crippen LogP contribution in [0.5, 0.6) is 0 Å². The summed E-state index contributed by atoms with van der Waals surface area (Å²) in [5, 5.41) is 21.8. The number of rotatable bonds is 6. The van der Waals surface area contributed by atoms with Crippen LogP contribution in [0.25, 0.3) is 0 Å². The molecule has 12 heteroatoms. The smallest absolute Gasteiger partial charge is 0.345 e. The lowest BCUT2D eigenvalue weighted by atomic mass is 10.2. The molecule has 0 bridgehead atoms. The highest BCUT2D eigenvalue weighted by atomic mass is 35.5. The number of carbonyl (C=O) groups excluding carboxylic acids is 1. The second kappa shape index (κ2) is 7.95. The third-order valence-corrected chi connectivity index (χ3v) is 4.35. The normalized spacial score (nSPS) is 10.9. The molecule has 0 saturated carbocycles. The molecule has 2 heterocycles. The maximum atomic E-state index is 13.9. The Hall–Kier alpha value is -2.98. The van der Waals surface area contributed by atoms with Crippen LogP contribution in [0.1, 0.15) is 11.3 Å². The van der Waals surface area contributed by atoms with Crippen LogP contribution in [-0.2, 0) is 17.9 Å². The number of nitro groups is 1. The van der Waals surface area contributed by atoms with Crippen molar-refractivity contribution in [3.63, 3.8) is 0 Å². The van der Waals surface area contributed by atoms with Gasteiger partial charge in [-0.2, -0.15) is 5.10 Å². The van der Waals surface area contributed by atoms with Crippen molar-refractivity contribution in [3.8, 4) is 0 Å². The molecule has 9 nitrogen and oxygen atoms in total. The second-order valence-electron chi connectivity index (χ2n) is 5.83. The van der Waals surface area contributed by atoms with E-state index in [1.165, 1.54) is 29.1 Å². The van der Waals surface area contributed by atoms with Gasteiger partial charge < -0.3 is 15.4 Å². The summed E-state index contributed by atoms with van der Waals surface area (Å²) in [5.41, 5.74) is 0.632. The van der Waals surface area contributed by atoms with E-state index in [-0.39, 0.29) is 33.8 Å². The molecule has 0 spiro atoms. The van der Waals surface area contributed by atoms with E-state index in [0.717, 1.165) is 4.68 Å². The first-order valence-corrected chi connectivity index (χ1v) is 8.64. The van der Waals surface area contributed by atoms with Crippen LogP contribution in [-0.4, -0.2) is 30.4 Å². The molecule has 0 fully saturated rings. The van der Waals surface area contributed by atoms with Crippen molar-refractivity contribution in [1.29, 1.82) is 0 Å². The zero-order valence-electron chi connectivity index (χ0n) is 14.4. The topological polar surface area (TPSA) is 108 Å². The molecule has 1 N–H and O–H groups in total. The molecule has 1 amide bonds. The molecule has 28 heavy (non-hydrogen) atoms. The summed E-state index contributed by atoms with van der Waals surface area (Å²) in [5.74, 6) is -1.38. The number of hydrogen-bond donors (Lipinski definition) is 1. The van der Waals surface area contributed by atoms with Crippen LogP contribution in [0.15, 0.2) is 30.5 Å². The van der Waals surface area contributed by atoms with Gasteiger partial charge in [0.15, 0.2) is 12.4 Å². The summed E-state index contributed by atoms with van der Waals surface area (Å²) in [6.07, 6.45) is 1.40. The van der Waals surface area contributed by atoms with Gasteiger partial charge in [0.1, 0.15) is 10.8 Å². The van der Waals surface area contributed by atoms with Crippen molar-refractivity contribution in [1.82, 2.24) is 19.6 Å². The summed E-state index contributed by atoms with van der Waals surface area (Å²) in [6, 6.07) is 5.56. The van der Waals surface area contributed by atoms with Gasteiger partial charge in [0.25, 0.3) is 5.91 Å². The number of amides is 1. The molecule has 0 aliphatic carbocycles. The molecule has 0 aliphatic heterocycles. The Morgan fingerprint density at radius 3 is 2.75 bits per heavy atom. The van der Waals surface area contributed by atoms with Crippen LogP contribution >= 0.6 is 23.2 Å². The quantitative estimate of drug-likeness (QED) is 0.479. The van der Waals surface area contributed by atoms with Crippen molar-refractivity contribution in [2.24, 2.45) is 0 Å².